The van der Waals surface area contributed by atoms with Crippen LogP contribution in [0.25, 0.3) is 0 Å². The highest BCUT2D eigenvalue weighted by atomic mass is 79.9. The Morgan fingerprint density at radius 3 is 2.25 bits per heavy atom. The molecule has 24 heavy (non-hydrogen) atoms. The Bertz CT molecular complexity index is 803. The standard InChI is InChI=1S/C11H13BrO2.C7HBrO2/c1-11(2,3)7-4-9-10(5-8(7)12)14-6-13-9;8-6-4-2-1-3-5-7(9)10/h4-5H,6H2,1-3H3;(H,9,10). The third-order valence-corrected chi connectivity index (χ3v) is 3.53. The van der Waals surface area contributed by atoms with E-state index in [2.05, 4.69) is 81.1 Å². The first-order valence-electron chi connectivity index (χ1n) is 6.70. The zero-order valence-corrected chi connectivity index (χ0v) is 16.5. The van der Waals surface area contributed by atoms with Crippen LogP contribution in [0.15, 0.2) is 16.6 Å². The maximum Gasteiger partial charge on any atom is 0.382 e. The van der Waals surface area contributed by atoms with Crippen LogP contribution in [0.5, 0.6) is 11.5 Å². The fourth-order valence-electron chi connectivity index (χ4n) is 1.66. The summed E-state index contributed by atoms with van der Waals surface area (Å²) in [6, 6.07) is 4.02. The van der Waals surface area contributed by atoms with E-state index in [-0.39, 0.29) is 5.41 Å². The Balaban J connectivity index is 0.000000257. The number of carbonyl (C=O) groups is 1. The van der Waals surface area contributed by atoms with Gasteiger partial charge < -0.3 is 14.6 Å². The fourth-order valence-corrected chi connectivity index (χ4v) is 2.68. The van der Waals surface area contributed by atoms with Crippen LogP contribution in [0.4, 0.5) is 0 Å². The number of fused-ring (bicyclic) bond motifs is 1. The molecule has 1 aliphatic rings. The summed E-state index contributed by atoms with van der Waals surface area (Å²) in [5.41, 5.74) is 1.35. The van der Waals surface area contributed by atoms with Crippen molar-refractivity contribution in [1.29, 1.82) is 0 Å². The van der Waals surface area contributed by atoms with Crippen molar-refractivity contribution in [3.05, 3.63) is 22.2 Å². The Morgan fingerprint density at radius 1 is 1.12 bits per heavy atom. The lowest BCUT2D eigenvalue weighted by Gasteiger charge is -2.21. The lowest BCUT2D eigenvalue weighted by Crippen LogP contribution is -2.11. The summed E-state index contributed by atoms with van der Waals surface area (Å²) in [5.74, 6) is 11.2. The van der Waals surface area contributed by atoms with Crippen molar-refractivity contribution in [3.8, 4) is 45.9 Å². The molecule has 0 radical (unpaired) electrons. The molecule has 1 heterocycles. The van der Waals surface area contributed by atoms with Gasteiger partial charge in [0.15, 0.2) is 11.5 Å². The van der Waals surface area contributed by atoms with Crippen LogP contribution in [0.1, 0.15) is 26.3 Å². The molecule has 0 saturated carbocycles. The van der Waals surface area contributed by atoms with Gasteiger partial charge in [0.2, 0.25) is 6.79 Å². The van der Waals surface area contributed by atoms with Crippen molar-refractivity contribution < 1.29 is 19.4 Å². The zero-order valence-electron chi connectivity index (χ0n) is 13.3. The maximum atomic E-state index is 9.75. The molecule has 1 N–H and O–H groups in total. The van der Waals surface area contributed by atoms with Crippen molar-refractivity contribution in [3.63, 3.8) is 0 Å². The average Bonchev–Trinajstić information content (AvgIpc) is 2.92. The molecule has 6 heteroatoms. The van der Waals surface area contributed by atoms with Gasteiger partial charge in [0, 0.05) is 26.3 Å². The summed E-state index contributed by atoms with van der Waals surface area (Å²) >= 11 is 6.35. The minimum absolute atomic E-state index is 0.111. The van der Waals surface area contributed by atoms with Crippen LogP contribution in [0, 0.1) is 34.4 Å². The molecule has 1 aromatic carbocycles. The molecule has 4 nitrogen and oxygen atoms in total. The van der Waals surface area contributed by atoms with Crippen LogP contribution in [0.2, 0.25) is 0 Å². The summed E-state index contributed by atoms with van der Waals surface area (Å²) in [7, 11) is 0. The number of carboxylic acids is 1. The zero-order chi connectivity index (χ0) is 18.2. The van der Waals surface area contributed by atoms with Gasteiger partial charge >= 0.3 is 5.97 Å². The van der Waals surface area contributed by atoms with Gasteiger partial charge in [-0.25, -0.2) is 4.79 Å². The topological polar surface area (TPSA) is 55.8 Å². The summed E-state index contributed by atoms with van der Waals surface area (Å²) in [6.45, 7) is 6.86. The highest BCUT2D eigenvalue weighted by Crippen LogP contribution is 2.40. The van der Waals surface area contributed by atoms with E-state index in [1.807, 2.05) is 18.1 Å². The molecule has 1 aromatic rings. The molecular formula is C18H14Br2O4. The minimum Gasteiger partial charge on any atom is -0.472 e. The minimum atomic E-state index is -1.19. The highest BCUT2D eigenvalue weighted by molar-refractivity contribution is 9.12. The maximum absolute atomic E-state index is 9.75. The number of rotatable bonds is 0. The number of hydrogen-bond donors (Lipinski definition) is 1. The summed E-state index contributed by atoms with van der Waals surface area (Å²) < 4.78 is 11.7. The van der Waals surface area contributed by atoms with Crippen molar-refractivity contribution in [2.24, 2.45) is 0 Å². The molecule has 124 valence electrons. The SMILES string of the molecule is CC(C)(C)c1cc2c(cc1Br)OCO2.O=C(O)C#CC#CC#CBr. The number of aliphatic carboxylic acids is 1. The first kappa shape index (κ1) is 20.0. The first-order valence-corrected chi connectivity index (χ1v) is 8.28. The number of halogens is 2. The number of hydrogen-bond acceptors (Lipinski definition) is 3. The van der Waals surface area contributed by atoms with Gasteiger partial charge in [0.05, 0.1) is 0 Å². The lowest BCUT2D eigenvalue weighted by molar-refractivity contribution is -0.130. The number of carboxylic acid groups (broad SMARTS) is 1. The normalized spacial score (nSPS) is 10.5. The molecule has 1 aliphatic heterocycles. The van der Waals surface area contributed by atoms with E-state index in [0.29, 0.717) is 6.79 Å². The smallest absolute Gasteiger partial charge is 0.382 e. The Hall–Kier alpha value is -2.07. The van der Waals surface area contributed by atoms with Gasteiger partial charge in [0.1, 0.15) is 0 Å². The molecule has 0 amide bonds. The molecule has 0 aliphatic carbocycles. The van der Waals surface area contributed by atoms with Gasteiger partial charge in [-0.15, -0.1) is 0 Å². The van der Waals surface area contributed by atoms with Gasteiger partial charge in [-0.2, -0.15) is 0 Å². The molecule has 0 bridgehead atoms. The molecule has 0 unspecified atom stereocenters. The van der Waals surface area contributed by atoms with Crippen molar-refractivity contribution >= 4 is 37.8 Å². The van der Waals surface area contributed by atoms with Gasteiger partial charge in [-0.05, 0) is 51.6 Å². The molecule has 0 fully saturated rings. The molecule has 0 spiro atoms. The quantitative estimate of drug-likeness (QED) is 0.605. The second-order valence-electron chi connectivity index (χ2n) is 5.46. The van der Waals surface area contributed by atoms with E-state index in [4.69, 9.17) is 14.6 Å². The average molecular weight is 454 g/mol. The Morgan fingerprint density at radius 2 is 1.71 bits per heavy atom. The van der Waals surface area contributed by atoms with Crippen LogP contribution in [-0.2, 0) is 10.2 Å². The Labute approximate surface area is 158 Å². The molecular weight excluding hydrogens is 440 g/mol. The second-order valence-corrected chi connectivity index (χ2v) is 6.71. The summed E-state index contributed by atoms with van der Waals surface area (Å²) in [6.07, 6.45) is 0. The monoisotopic (exact) mass is 452 g/mol. The van der Waals surface area contributed by atoms with Gasteiger partial charge in [-0.3, -0.25) is 0 Å². The first-order chi connectivity index (χ1) is 11.3. The molecule has 2 rings (SSSR count). The van der Waals surface area contributed by atoms with E-state index < -0.39 is 5.97 Å². The van der Waals surface area contributed by atoms with E-state index in [9.17, 15) is 4.79 Å². The van der Waals surface area contributed by atoms with Crippen molar-refractivity contribution in [2.75, 3.05) is 6.79 Å². The number of benzene rings is 1. The summed E-state index contributed by atoms with van der Waals surface area (Å²) in [4.78, 5) is 12.1. The van der Waals surface area contributed by atoms with Gasteiger partial charge in [0.25, 0.3) is 0 Å². The molecule has 0 saturated heterocycles. The molecule has 0 aromatic heterocycles. The van der Waals surface area contributed by atoms with Crippen LogP contribution in [-0.4, -0.2) is 17.9 Å². The summed E-state index contributed by atoms with van der Waals surface area (Å²) in [5, 5.41) is 7.98. The molecule has 0 atom stereocenters. The van der Waals surface area contributed by atoms with E-state index in [0.717, 1.165) is 16.0 Å². The van der Waals surface area contributed by atoms with Crippen LogP contribution in [0.3, 0.4) is 0 Å². The van der Waals surface area contributed by atoms with Crippen LogP contribution >= 0.6 is 31.9 Å². The predicted molar refractivity (Wildman–Crippen MR) is 98.9 cm³/mol. The lowest BCUT2D eigenvalue weighted by atomic mass is 9.87. The number of ether oxygens (including phenoxy) is 2. The van der Waals surface area contributed by atoms with Crippen LogP contribution < -0.4 is 9.47 Å². The third kappa shape index (κ3) is 6.59. The van der Waals surface area contributed by atoms with E-state index >= 15 is 0 Å². The van der Waals surface area contributed by atoms with Crippen molar-refractivity contribution in [2.45, 2.75) is 26.2 Å². The van der Waals surface area contributed by atoms with E-state index in [1.54, 1.807) is 0 Å². The third-order valence-electron chi connectivity index (χ3n) is 2.67. The van der Waals surface area contributed by atoms with E-state index in [1.165, 1.54) is 5.56 Å². The van der Waals surface area contributed by atoms with Gasteiger partial charge in [-0.1, -0.05) is 36.7 Å². The fraction of sp³-hybridized carbons (Fsp3) is 0.278. The predicted octanol–water partition coefficient (Wildman–Crippen LogP) is 3.91. The van der Waals surface area contributed by atoms with Crippen molar-refractivity contribution in [1.82, 2.24) is 0 Å². The largest absolute Gasteiger partial charge is 0.472 e. The Kier molecular flexibility index (Phi) is 7.72. The highest BCUT2D eigenvalue weighted by Gasteiger charge is 2.22. The second kappa shape index (κ2) is 9.28.